The van der Waals surface area contributed by atoms with E-state index in [4.69, 9.17) is 9.26 Å². The Bertz CT molecular complexity index is 1440. The predicted octanol–water partition coefficient (Wildman–Crippen LogP) is 3.92. The van der Waals surface area contributed by atoms with Crippen molar-refractivity contribution in [2.45, 2.75) is 45.8 Å². The standard InChI is InChI=1S/C27H31N5O4S/c1-17(2)35-25-10-7-19(13-20(25)14-28)27-29-26(30-36-27)23-6-4-5-22-21(23)8-9-24(22)31-37(33,34)12-11-32-15-18(3)16-32/h4-7,10,13,17-18,24,31H,8-9,11-12,15-16H2,1-3H3/t24-/m0/s1. The molecule has 37 heavy (non-hydrogen) atoms. The highest BCUT2D eigenvalue weighted by atomic mass is 32.2. The van der Waals surface area contributed by atoms with E-state index in [0.717, 1.165) is 29.8 Å². The molecule has 1 aromatic heterocycles. The summed E-state index contributed by atoms with van der Waals surface area (Å²) in [6.45, 7) is 8.47. The van der Waals surface area contributed by atoms with E-state index in [-0.39, 0.29) is 17.9 Å². The molecule has 0 unspecified atom stereocenters. The number of likely N-dealkylation sites (tertiary alicyclic amines) is 1. The zero-order chi connectivity index (χ0) is 26.2. The van der Waals surface area contributed by atoms with Gasteiger partial charge in [-0.25, -0.2) is 13.1 Å². The first kappa shape index (κ1) is 25.4. The van der Waals surface area contributed by atoms with Crippen molar-refractivity contribution >= 4 is 10.0 Å². The maximum Gasteiger partial charge on any atom is 0.258 e. The normalized spacial score (nSPS) is 18.0. The highest BCUT2D eigenvalue weighted by Crippen LogP contribution is 2.38. The lowest BCUT2D eigenvalue weighted by atomic mass is 10.0. The van der Waals surface area contributed by atoms with E-state index in [1.165, 1.54) is 0 Å². The Balaban J connectivity index is 1.33. The minimum Gasteiger partial charge on any atom is -0.490 e. The molecular formula is C27H31N5O4S. The SMILES string of the molecule is CC1CN(CCS(=O)(=O)N[C@H]2CCc3c(-c4noc(-c5ccc(OC(C)C)c(C#N)c5)n4)cccc32)C1. The van der Waals surface area contributed by atoms with Gasteiger partial charge in [0.05, 0.1) is 17.4 Å². The molecule has 0 amide bonds. The summed E-state index contributed by atoms with van der Waals surface area (Å²) in [6, 6.07) is 12.9. The van der Waals surface area contributed by atoms with E-state index < -0.39 is 10.0 Å². The fourth-order valence-electron chi connectivity index (χ4n) is 5.08. The summed E-state index contributed by atoms with van der Waals surface area (Å²) in [6.07, 6.45) is 1.34. The number of ether oxygens (including phenoxy) is 1. The third kappa shape index (κ3) is 5.54. The highest BCUT2D eigenvalue weighted by molar-refractivity contribution is 7.89. The fourth-order valence-corrected chi connectivity index (χ4v) is 6.37. The van der Waals surface area contributed by atoms with Crippen molar-refractivity contribution in [1.82, 2.24) is 19.8 Å². The first-order chi connectivity index (χ1) is 17.7. The molecule has 0 bridgehead atoms. The van der Waals surface area contributed by atoms with Gasteiger partial charge in [-0.3, -0.25) is 0 Å². The van der Waals surface area contributed by atoms with Crippen LogP contribution in [0.15, 0.2) is 40.9 Å². The van der Waals surface area contributed by atoms with Gasteiger partial charge in [0.1, 0.15) is 11.8 Å². The van der Waals surface area contributed by atoms with Gasteiger partial charge in [0.2, 0.25) is 15.8 Å². The van der Waals surface area contributed by atoms with Crippen LogP contribution >= 0.6 is 0 Å². The molecule has 10 heteroatoms. The zero-order valence-electron chi connectivity index (χ0n) is 21.3. The number of aromatic nitrogens is 2. The average molecular weight is 522 g/mol. The second-order valence-corrected chi connectivity index (χ2v) is 12.1. The second-order valence-electron chi connectivity index (χ2n) is 10.2. The van der Waals surface area contributed by atoms with Crippen LogP contribution in [0.3, 0.4) is 0 Å². The maximum absolute atomic E-state index is 12.8. The fraction of sp³-hybridized carbons (Fsp3) is 0.444. The number of hydrogen-bond acceptors (Lipinski definition) is 8. The van der Waals surface area contributed by atoms with Gasteiger partial charge < -0.3 is 14.2 Å². The summed E-state index contributed by atoms with van der Waals surface area (Å²) in [4.78, 5) is 6.76. The summed E-state index contributed by atoms with van der Waals surface area (Å²) in [5.41, 5.74) is 3.82. The maximum atomic E-state index is 12.8. The van der Waals surface area contributed by atoms with Crippen molar-refractivity contribution in [3.63, 3.8) is 0 Å². The van der Waals surface area contributed by atoms with Crippen LogP contribution in [0.2, 0.25) is 0 Å². The first-order valence-corrected chi connectivity index (χ1v) is 14.3. The minimum absolute atomic E-state index is 0.0502. The topological polar surface area (TPSA) is 121 Å². The molecule has 1 atom stereocenters. The quantitative estimate of drug-likeness (QED) is 0.450. The Morgan fingerprint density at radius 3 is 2.81 bits per heavy atom. The van der Waals surface area contributed by atoms with E-state index in [1.54, 1.807) is 18.2 Å². The van der Waals surface area contributed by atoms with Gasteiger partial charge in [-0.05, 0) is 61.9 Å². The minimum atomic E-state index is -3.40. The lowest BCUT2D eigenvalue weighted by Gasteiger charge is -2.37. The van der Waals surface area contributed by atoms with Crippen molar-refractivity contribution < 1.29 is 17.7 Å². The molecule has 2 aliphatic rings. The molecule has 1 fully saturated rings. The Kier molecular flexibility index (Phi) is 7.03. The van der Waals surface area contributed by atoms with Gasteiger partial charge in [0.15, 0.2) is 0 Å². The summed E-state index contributed by atoms with van der Waals surface area (Å²) in [5.74, 6) is 1.99. The van der Waals surface area contributed by atoms with E-state index in [0.29, 0.717) is 53.9 Å². The molecule has 2 heterocycles. The summed E-state index contributed by atoms with van der Waals surface area (Å²) in [5, 5.41) is 13.7. The molecule has 0 saturated carbocycles. The molecule has 2 aromatic carbocycles. The number of nitriles is 1. The van der Waals surface area contributed by atoms with E-state index in [9.17, 15) is 13.7 Å². The Labute approximate surface area is 217 Å². The number of nitrogens with one attached hydrogen (secondary N) is 1. The molecule has 194 valence electrons. The number of fused-ring (bicyclic) bond motifs is 1. The molecule has 1 aliphatic heterocycles. The van der Waals surface area contributed by atoms with E-state index in [1.807, 2.05) is 32.0 Å². The molecular weight excluding hydrogens is 490 g/mol. The van der Waals surface area contributed by atoms with Crippen LogP contribution in [0.5, 0.6) is 5.75 Å². The highest BCUT2D eigenvalue weighted by Gasteiger charge is 2.30. The third-order valence-electron chi connectivity index (χ3n) is 6.79. The number of sulfonamides is 1. The van der Waals surface area contributed by atoms with Gasteiger partial charge in [0, 0.05) is 36.8 Å². The Morgan fingerprint density at radius 1 is 1.27 bits per heavy atom. The van der Waals surface area contributed by atoms with Gasteiger partial charge in [-0.2, -0.15) is 10.2 Å². The zero-order valence-corrected chi connectivity index (χ0v) is 22.1. The van der Waals surface area contributed by atoms with E-state index in [2.05, 4.69) is 32.8 Å². The number of benzene rings is 2. The lowest BCUT2D eigenvalue weighted by Crippen LogP contribution is -2.47. The van der Waals surface area contributed by atoms with Crippen molar-refractivity contribution in [3.8, 4) is 34.7 Å². The molecule has 1 N–H and O–H groups in total. The summed E-state index contributed by atoms with van der Waals surface area (Å²) < 4.78 is 39.7. The van der Waals surface area contributed by atoms with Crippen molar-refractivity contribution in [3.05, 3.63) is 53.1 Å². The van der Waals surface area contributed by atoms with E-state index >= 15 is 0 Å². The smallest absolute Gasteiger partial charge is 0.258 e. The van der Waals surface area contributed by atoms with Crippen LogP contribution in [0.25, 0.3) is 22.8 Å². The monoisotopic (exact) mass is 521 g/mol. The number of nitrogens with zero attached hydrogens (tertiary/aromatic N) is 4. The van der Waals surface area contributed by atoms with Crippen LogP contribution in [-0.4, -0.2) is 54.9 Å². The van der Waals surface area contributed by atoms with Crippen LogP contribution in [0, 0.1) is 17.2 Å². The van der Waals surface area contributed by atoms with Gasteiger partial charge >= 0.3 is 0 Å². The Hall–Kier alpha value is -3.26. The van der Waals surface area contributed by atoms with Crippen molar-refractivity contribution in [2.24, 2.45) is 5.92 Å². The van der Waals surface area contributed by atoms with Crippen LogP contribution in [0.4, 0.5) is 0 Å². The summed E-state index contributed by atoms with van der Waals surface area (Å²) >= 11 is 0. The first-order valence-electron chi connectivity index (χ1n) is 12.6. The van der Waals surface area contributed by atoms with Crippen LogP contribution in [-0.2, 0) is 16.4 Å². The van der Waals surface area contributed by atoms with Crippen molar-refractivity contribution in [1.29, 1.82) is 5.26 Å². The van der Waals surface area contributed by atoms with Gasteiger partial charge in [0.25, 0.3) is 5.89 Å². The molecule has 1 aliphatic carbocycles. The third-order valence-corrected chi connectivity index (χ3v) is 8.15. The van der Waals surface area contributed by atoms with Crippen LogP contribution in [0.1, 0.15) is 49.9 Å². The lowest BCUT2D eigenvalue weighted by molar-refractivity contribution is 0.121. The molecule has 5 rings (SSSR count). The second kappa shape index (κ2) is 10.2. The molecule has 3 aromatic rings. The molecule has 1 saturated heterocycles. The summed E-state index contributed by atoms with van der Waals surface area (Å²) in [7, 11) is -3.40. The van der Waals surface area contributed by atoms with Gasteiger partial charge in [-0.1, -0.05) is 30.3 Å². The molecule has 0 radical (unpaired) electrons. The van der Waals surface area contributed by atoms with Crippen LogP contribution < -0.4 is 9.46 Å². The number of rotatable bonds is 9. The largest absolute Gasteiger partial charge is 0.490 e. The van der Waals surface area contributed by atoms with Gasteiger partial charge in [-0.15, -0.1) is 0 Å². The average Bonchev–Trinajstić information content (AvgIpc) is 3.49. The molecule has 0 spiro atoms. The number of hydrogen-bond donors (Lipinski definition) is 1. The van der Waals surface area contributed by atoms with Crippen molar-refractivity contribution in [2.75, 3.05) is 25.4 Å². The Morgan fingerprint density at radius 2 is 2.08 bits per heavy atom. The predicted molar refractivity (Wildman–Crippen MR) is 139 cm³/mol. The molecule has 9 nitrogen and oxygen atoms in total.